The highest BCUT2D eigenvalue weighted by Gasteiger charge is 2.26. The minimum Gasteiger partial charge on any atom is -0.383 e. The molecule has 1 aliphatic heterocycles. The van der Waals surface area contributed by atoms with Gasteiger partial charge in [0.2, 0.25) is 0 Å². The minimum atomic E-state index is 0.365. The average molecular weight is 355 g/mol. The van der Waals surface area contributed by atoms with Gasteiger partial charge in [-0.2, -0.15) is 0 Å². The van der Waals surface area contributed by atoms with Crippen molar-refractivity contribution < 1.29 is 4.74 Å². The smallest absolute Gasteiger partial charge is 0.147 e. The van der Waals surface area contributed by atoms with Crippen molar-refractivity contribution in [2.24, 2.45) is 0 Å². The van der Waals surface area contributed by atoms with Gasteiger partial charge in [0.25, 0.3) is 0 Å². The Bertz CT molecular complexity index is 661. The molecule has 7 heteroatoms. The van der Waals surface area contributed by atoms with E-state index in [1.54, 1.807) is 19.4 Å². The second-order valence-corrected chi connectivity index (χ2v) is 6.56. The average Bonchev–Trinajstić information content (AvgIpc) is 3.01. The van der Waals surface area contributed by atoms with Gasteiger partial charge in [0.1, 0.15) is 11.6 Å². The molecule has 2 aromatic heterocycles. The van der Waals surface area contributed by atoms with Crippen LogP contribution in [0.3, 0.4) is 0 Å². The van der Waals surface area contributed by atoms with E-state index in [0.29, 0.717) is 22.6 Å². The summed E-state index contributed by atoms with van der Waals surface area (Å²) in [6.45, 7) is 3.31. The zero-order chi connectivity index (χ0) is 16.2. The molecule has 0 spiro atoms. The molecule has 1 fully saturated rings. The lowest BCUT2D eigenvalue weighted by Crippen LogP contribution is -2.36. The fourth-order valence-electron chi connectivity index (χ4n) is 3.08. The largest absolute Gasteiger partial charge is 0.383 e. The van der Waals surface area contributed by atoms with Crippen molar-refractivity contribution in [2.75, 3.05) is 31.7 Å². The molecule has 1 aliphatic rings. The van der Waals surface area contributed by atoms with Gasteiger partial charge in [-0.15, -0.1) is 0 Å². The van der Waals surface area contributed by atoms with Crippen molar-refractivity contribution in [1.29, 1.82) is 0 Å². The van der Waals surface area contributed by atoms with Crippen molar-refractivity contribution in [3.8, 4) is 0 Å². The number of imidazole rings is 1. The molecule has 0 saturated carbocycles. The number of pyridine rings is 1. The topological polar surface area (TPSA) is 43.2 Å². The number of anilines is 1. The van der Waals surface area contributed by atoms with Crippen LogP contribution < -0.4 is 4.90 Å². The number of hydrogen-bond acceptors (Lipinski definition) is 4. The highest BCUT2D eigenvalue weighted by atomic mass is 35.5. The van der Waals surface area contributed by atoms with Crippen LogP contribution in [0.2, 0.25) is 10.0 Å². The lowest BCUT2D eigenvalue weighted by atomic mass is 9.97. The van der Waals surface area contributed by atoms with E-state index in [1.807, 2.05) is 12.4 Å². The zero-order valence-corrected chi connectivity index (χ0v) is 14.6. The Morgan fingerprint density at radius 3 is 3.00 bits per heavy atom. The summed E-state index contributed by atoms with van der Waals surface area (Å²) in [6.07, 6.45) is 7.72. The predicted molar refractivity (Wildman–Crippen MR) is 92.5 cm³/mol. The maximum atomic E-state index is 6.31. The maximum Gasteiger partial charge on any atom is 0.147 e. The Labute approximate surface area is 146 Å². The Kier molecular flexibility index (Phi) is 5.41. The van der Waals surface area contributed by atoms with Gasteiger partial charge in [-0.25, -0.2) is 9.97 Å². The molecule has 0 bridgehead atoms. The van der Waals surface area contributed by atoms with Gasteiger partial charge in [-0.05, 0) is 18.9 Å². The van der Waals surface area contributed by atoms with E-state index in [9.17, 15) is 0 Å². The summed E-state index contributed by atoms with van der Waals surface area (Å²) >= 11 is 12.3. The fraction of sp³-hybridized carbons (Fsp3) is 0.500. The van der Waals surface area contributed by atoms with Gasteiger partial charge >= 0.3 is 0 Å². The molecule has 1 saturated heterocycles. The molecule has 0 N–H and O–H groups in total. The van der Waals surface area contributed by atoms with Crippen molar-refractivity contribution in [3.05, 3.63) is 40.5 Å². The summed E-state index contributed by atoms with van der Waals surface area (Å²) < 4.78 is 7.35. The summed E-state index contributed by atoms with van der Waals surface area (Å²) in [5, 5.41) is 1.16. The first-order chi connectivity index (χ1) is 11.2. The van der Waals surface area contributed by atoms with Gasteiger partial charge in [0.05, 0.1) is 16.7 Å². The molecule has 3 rings (SSSR count). The SMILES string of the molecule is COCCn1ccnc1C1CCCN(c2ncc(Cl)cc2Cl)C1. The molecular weight excluding hydrogens is 335 g/mol. The standard InChI is InChI=1S/C16H20Cl2N4O/c1-23-8-7-21-6-4-19-15(21)12-3-2-5-22(11-12)16-14(18)9-13(17)10-20-16/h4,6,9-10,12H,2-3,5,7-8,11H2,1H3. The number of aromatic nitrogens is 3. The Morgan fingerprint density at radius 2 is 2.22 bits per heavy atom. The number of nitrogens with zero attached hydrogens (tertiary/aromatic N) is 4. The van der Waals surface area contributed by atoms with Crippen LogP contribution in [0, 0.1) is 0 Å². The normalized spacial score (nSPS) is 18.4. The Hall–Kier alpha value is -1.30. The minimum absolute atomic E-state index is 0.365. The van der Waals surface area contributed by atoms with E-state index < -0.39 is 0 Å². The summed E-state index contributed by atoms with van der Waals surface area (Å²) in [7, 11) is 1.72. The van der Waals surface area contributed by atoms with E-state index >= 15 is 0 Å². The molecule has 1 atom stereocenters. The number of methoxy groups -OCH3 is 1. The molecule has 0 amide bonds. The van der Waals surface area contributed by atoms with E-state index in [1.165, 1.54) is 0 Å². The monoisotopic (exact) mass is 354 g/mol. The van der Waals surface area contributed by atoms with Crippen LogP contribution in [-0.4, -0.2) is 41.3 Å². The van der Waals surface area contributed by atoms with Crippen LogP contribution >= 0.6 is 23.2 Å². The third-order valence-electron chi connectivity index (χ3n) is 4.16. The fourth-order valence-corrected chi connectivity index (χ4v) is 3.58. The third-order valence-corrected chi connectivity index (χ3v) is 4.64. The predicted octanol–water partition coefficient (Wildman–Crippen LogP) is 3.62. The van der Waals surface area contributed by atoms with Crippen molar-refractivity contribution >= 4 is 29.0 Å². The number of halogens is 2. The van der Waals surface area contributed by atoms with Gasteiger partial charge < -0.3 is 14.2 Å². The van der Waals surface area contributed by atoms with Gasteiger partial charge in [-0.3, -0.25) is 0 Å². The zero-order valence-electron chi connectivity index (χ0n) is 13.1. The van der Waals surface area contributed by atoms with E-state index in [0.717, 1.165) is 44.1 Å². The first-order valence-electron chi connectivity index (χ1n) is 7.75. The molecule has 0 aromatic carbocycles. The van der Waals surface area contributed by atoms with Crippen LogP contribution in [0.4, 0.5) is 5.82 Å². The number of piperidine rings is 1. The van der Waals surface area contributed by atoms with E-state index in [4.69, 9.17) is 27.9 Å². The summed E-state index contributed by atoms with van der Waals surface area (Å²) in [5.74, 6) is 2.27. The van der Waals surface area contributed by atoms with Crippen LogP contribution in [0.5, 0.6) is 0 Å². The van der Waals surface area contributed by atoms with E-state index in [-0.39, 0.29) is 0 Å². The van der Waals surface area contributed by atoms with Gasteiger partial charge in [0, 0.05) is 51.3 Å². The molecule has 0 aliphatic carbocycles. The third kappa shape index (κ3) is 3.79. The molecule has 1 unspecified atom stereocenters. The molecular formula is C16H20Cl2N4O. The van der Waals surface area contributed by atoms with Crippen LogP contribution in [0.15, 0.2) is 24.7 Å². The first kappa shape index (κ1) is 16.6. The molecule has 124 valence electrons. The molecule has 3 heterocycles. The molecule has 0 radical (unpaired) electrons. The summed E-state index contributed by atoms with van der Waals surface area (Å²) in [5.41, 5.74) is 0. The first-order valence-corrected chi connectivity index (χ1v) is 8.50. The molecule has 5 nitrogen and oxygen atoms in total. The quantitative estimate of drug-likeness (QED) is 0.822. The lowest BCUT2D eigenvalue weighted by molar-refractivity contribution is 0.185. The van der Waals surface area contributed by atoms with Crippen LogP contribution in [0.1, 0.15) is 24.6 Å². The maximum absolute atomic E-state index is 6.31. The summed E-state index contributed by atoms with van der Waals surface area (Å²) in [4.78, 5) is 11.2. The van der Waals surface area contributed by atoms with Crippen LogP contribution in [-0.2, 0) is 11.3 Å². The number of ether oxygens (including phenoxy) is 1. The number of hydrogen-bond donors (Lipinski definition) is 0. The van der Waals surface area contributed by atoms with Crippen molar-refractivity contribution in [2.45, 2.75) is 25.3 Å². The van der Waals surface area contributed by atoms with E-state index in [2.05, 4.69) is 19.4 Å². The molecule has 2 aromatic rings. The van der Waals surface area contributed by atoms with Crippen molar-refractivity contribution in [1.82, 2.24) is 14.5 Å². The lowest BCUT2D eigenvalue weighted by Gasteiger charge is -2.34. The Morgan fingerprint density at radius 1 is 1.35 bits per heavy atom. The van der Waals surface area contributed by atoms with Gasteiger partial charge in [-0.1, -0.05) is 23.2 Å². The Balaban J connectivity index is 1.77. The van der Waals surface area contributed by atoms with Crippen LogP contribution in [0.25, 0.3) is 0 Å². The molecule has 23 heavy (non-hydrogen) atoms. The van der Waals surface area contributed by atoms with Gasteiger partial charge in [0.15, 0.2) is 0 Å². The second-order valence-electron chi connectivity index (χ2n) is 5.72. The second kappa shape index (κ2) is 7.51. The highest BCUT2D eigenvalue weighted by Crippen LogP contribution is 2.32. The number of rotatable bonds is 5. The van der Waals surface area contributed by atoms with Crippen molar-refractivity contribution in [3.63, 3.8) is 0 Å². The highest BCUT2D eigenvalue weighted by molar-refractivity contribution is 6.36. The summed E-state index contributed by atoms with van der Waals surface area (Å²) in [6, 6.07) is 1.74.